The molecule has 36 heavy (non-hydrogen) atoms. The van der Waals surface area contributed by atoms with Gasteiger partial charge in [0.1, 0.15) is 11.2 Å². The lowest BCUT2D eigenvalue weighted by atomic mass is 9.71. The average Bonchev–Trinajstić information content (AvgIpc) is 3.31. The van der Waals surface area contributed by atoms with E-state index in [1.54, 1.807) is 6.26 Å². The summed E-state index contributed by atoms with van der Waals surface area (Å²) in [5.74, 6) is 0.0370. The molecule has 1 saturated carbocycles. The summed E-state index contributed by atoms with van der Waals surface area (Å²) >= 11 is 0. The van der Waals surface area contributed by atoms with Crippen LogP contribution in [0.5, 0.6) is 0 Å². The Kier molecular flexibility index (Phi) is 5.52. The number of aryl methyl sites for hydroxylation is 2. The molecule has 2 aliphatic rings. The molecule has 2 aromatic carbocycles. The topological polar surface area (TPSA) is 83.9 Å². The van der Waals surface area contributed by atoms with Crippen molar-refractivity contribution < 1.29 is 18.7 Å². The fraction of sp³-hybridized carbons (Fsp3) is 0.400. The summed E-state index contributed by atoms with van der Waals surface area (Å²) in [5, 5.41) is 12.7. The van der Waals surface area contributed by atoms with Gasteiger partial charge in [-0.1, -0.05) is 43.2 Å². The van der Waals surface area contributed by atoms with E-state index in [4.69, 9.17) is 8.83 Å². The van der Waals surface area contributed by atoms with Crippen molar-refractivity contribution in [1.29, 1.82) is 0 Å². The first kappa shape index (κ1) is 23.0. The van der Waals surface area contributed by atoms with Crippen LogP contribution < -0.4 is 5.63 Å². The van der Waals surface area contributed by atoms with Gasteiger partial charge in [-0.3, -0.25) is 4.79 Å². The lowest BCUT2D eigenvalue weighted by Crippen LogP contribution is -2.55. The highest BCUT2D eigenvalue weighted by atomic mass is 16.4. The third-order valence-corrected chi connectivity index (χ3v) is 8.53. The minimum absolute atomic E-state index is 0.00324. The molecule has 6 nitrogen and oxygen atoms in total. The van der Waals surface area contributed by atoms with Crippen molar-refractivity contribution in [3.8, 4) is 11.1 Å². The minimum Gasteiger partial charge on any atom is -0.463 e. The molecule has 0 radical (unpaired) electrons. The monoisotopic (exact) mass is 485 g/mol. The number of hydrogen-bond acceptors (Lipinski definition) is 5. The second-order valence-electron chi connectivity index (χ2n) is 10.6. The van der Waals surface area contributed by atoms with Crippen LogP contribution in [0.3, 0.4) is 0 Å². The van der Waals surface area contributed by atoms with E-state index in [1.807, 2.05) is 55.1 Å². The van der Waals surface area contributed by atoms with Crippen LogP contribution in [0, 0.1) is 19.8 Å². The number of fused-ring (bicyclic) bond motifs is 3. The number of furan rings is 1. The van der Waals surface area contributed by atoms with Crippen LogP contribution in [-0.2, 0) is 11.2 Å². The first-order valence-corrected chi connectivity index (χ1v) is 12.9. The molecule has 0 unspecified atom stereocenters. The van der Waals surface area contributed by atoms with E-state index in [0.29, 0.717) is 36.2 Å². The molecule has 6 heteroatoms. The van der Waals surface area contributed by atoms with Crippen LogP contribution in [0.4, 0.5) is 0 Å². The van der Waals surface area contributed by atoms with Crippen LogP contribution in [-0.4, -0.2) is 34.6 Å². The quantitative estimate of drug-likeness (QED) is 0.386. The van der Waals surface area contributed by atoms with Crippen molar-refractivity contribution in [2.45, 2.75) is 58.0 Å². The number of carbonyl (C=O) groups excluding carboxylic acids is 1. The molecular formula is C30H31NO5. The number of rotatable bonds is 3. The van der Waals surface area contributed by atoms with Gasteiger partial charge in [0, 0.05) is 40.9 Å². The molecule has 0 bridgehead atoms. The van der Waals surface area contributed by atoms with E-state index in [-0.39, 0.29) is 18.2 Å². The predicted molar refractivity (Wildman–Crippen MR) is 139 cm³/mol. The Hall–Kier alpha value is -3.38. The number of hydrogen-bond donors (Lipinski definition) is 1. The molecule has 0 spiro atoms. The van der Waals surface area contributed by atoms with Gasteiger partial charge in [-0.15, -0.1) is 0 Å². The van der Waals surface area contributed by atoms with Crippen molar-refractivity contribution in [2.75, 3.05) is 13.1 Å². The zero-order valence-electron chi connectivity index (χ0n) is 20.8. The Morgan fingerprint density at radius 1 is 1.08 bits per heavy atom. The van der Waals surface area contributed by atoms with E-state index in [0.717, 1.165) is 58.7 Å². The number of piperidine rings is 1. The molecule has 2 aromatic heterocycles. The van der Waals surface area contributed by atoms with Gasteiger partial charge in [0.05, 0.1) is 23.8 Å². The molecule has 3 heterocycles. The van der Waals surface area contributed by atoms with Crippen LogP contribution in [0.15, 0.2) is 56.3 Å². The Morgan fingerprint density at radius 2 is 1.89 bits per heavy atom. The van der Waals surface area contributed by atoms with Crippen LogP contribution >= 0.6 is 0 Å². The van der Waals surface area contributed by atoms with Crippen molar-refractivity contribution >= 4 is 27.8 Å². The van der Waals surface area contributed by atoms with E-state index < -0.39 is 11.2 Å². The summed E-state index contributed by atoms with van der Waals surface area (Å²) < 4.78 is 11.7. The minimum atomic E-state index is -0.642. The molecule has 1 saturated heterocycles. The Morgan fingerprint density at radius 3 is 2.69 bits per heavy atom. The number of carbonyl (C=O) groups is 1. The Balaban J connectivity index is 1.37. The molecular weight excluding hydrogens is 454 g/mol. The second kappa shape index (κ2) is 8.63. The molecule has 186 valence electrons. The third kappa shape index (κ3) is 3.66. The Bertz CT molecular complexity index is 1530. The number of likely N-dealkylation sites (tertiary alicyclic amines) is 1. The van der Waals surface area contributed by atoms with Gasteiger partial charge in [0.2, 0.25) is 5.91 Å². The normalized spacial score (nSPS) is 22.2. The third-order valence-electron chi connectivity index (χ3n) is 8.53. The lowest BCUT2D eigenvalue weighted by Gasteiger charge is -2.47. The van der Waals surface area contributed by atoms with Crippen LogP contribution in [0.1, 0.15) is 48.8 Å². The fourth-order valence-electron chi connectivity index (χ4n) is 6.30. The van der Waals surface area contributed by atoms with Gasteiger partial charge in [0.25, 0.3) is 0 Å². The highest BCUT2D eigenvalue weighted by Crippen LogP contribution is 2.40. The van der Waals surface area contributed by atoms with Crippen molar-refractivity contribution in [3.63, 3.8) is 0 Å². The summed E-state index contributed by atoms with van der Waals surface area (Å²) in [5.41, 5.74) is 4.05. The standard InChI is InChI=1S/C30H31NO5/c1-18-22-14-24-25(20-8-4-3-5-9-20)17-35-27(24)19(2)28(22)36-29(33)23(18)15-26(32)31-13-12-30(34)11-7-6-10-21(30)16-31/h3-5,8-9,14,17,21,34H,6-7,10-13,15-16H2,1-2H3/t21-,30+/m0/s1. The highest BCUT2D eigenvalue weighted by Gasteiger charge is 2.43. The highest BCUT2D eigenvalue weighted by molar-refractivity contribution is 6.05. The zero-order chi connectivity index (χ0) is 25.0. The van der Waals surface area contributed by atoms with Crippen LogP contribution in [0.2, 0.25) is 0 Å². The van der Waals surface area contributed by atoms with Gasteiger partial charge in [-0.05, 0) is 50.3 Å². The van der Waals surface area contributed by atoms with Gasteiger partial charge in [-0.2, -0.15) is 0 Å². The zero-order valence-corrected chi connectivity index (χ0v) is 20.8. The first-order valence-electron chi connectivity index (χ1n) is 12.9. The molecule has 1 aliphatic carbocycles. The number of aliphatic hydroxyl groups is 1. The molecule has 1 aliphatic heterocycles. The maximum atomic E-state index is 13.3. The SMILES string of the molecule is Cc1c(CC(=O)N2CC[C@]3(O)CCCC[C@H]3C2)c(=O)oc2c(C)c3occ(-c4ccccc4)c3cc12. The molecule has 4 aromatic rings. The summed E-state index contributed by atoms with van der Waals surface area (Å²) in [6.45, 7) is 4.88. The average molecular weight is 486 g/mol. The maximum Gasteiger partial charge on any atom is 0.340 e. The van der Waals surface area contributed by atoms with Gasteiger partial charge < -0.3 is 18.8 Å². The van der Waals surface area contributed by atoms with Gasteiger partial charge >= 0.3 is 5.63 Å². The van der Waals surface area contributed by atoms with Gasteiger partial charge in [0.15, 0.2) is 0 Å². The van der Waals surface area contributed by atoms with Crippen molar-refractivity contribution in [2.24, 2.45) is 5.92 Å². The van der Waals surface area contributed by atoms with E-state index in [9.17, 15) is 14.7 Å². The molecule has 2 fully saturated rings. The smallest absolute Gasteiger partial charge is 0.340 e. The van der Waals surface area contributed by atoms with E-state index in [1.165, 1.54) is 0 Å². The summed E-state index contributed by atoms with van der Waals surface area (Å²) in [7, 11) is 0. The lowest BCUT2D eigenvalue weighted by molar-refractivity contribution is -0.142. The largest absolute Gasteiger partial charge is 0.463 e. The number of amides is 1. The summed E-state index contributed by atoms with van der Waals surface area (Å²) in [4.78, 5) is 28.2. The summed E-state index contributed by atoms with van der Waals surface area (Å²) in [6.07, 6.45) is 6.26. The summed E-state index contributed by atoms with van der Waals surface area (Å²) in [6, 6.07) is 12.1. The number of nitrogens with zero attached hydrogens (tertiary/aromatic N) is 1. The van der Waals surface area contributed by atoms with Crippen LogP contribution in [0.25, 0.3) is 33.1 Å². The first-order chi connectivity index (χ1) is 17.4. The van der Waals surface area contributed by atoms with E-state index in [2.05, 4.69) is 0 Å². The Labute approximate surface area is 209 Å². The molecule has 6 rings (SSSR count). The fourth-order valence-corrected chi connectivity index (χ4v) is 6.30. The molecule has 1 amide bonds. The second-order valence-corrected chi connectivity index (χ2v) is 10.6. The van der Waals surface area contributed by atoms with Gasteiger partial charge in [-0.25, -0.2) is 4.79 Å². The number of benzene rings is 2. The van der Waals surface area contributed by atoms with E-state index >= 15 is 0 Å². The molecule has 2 atom stereocenters. The van der Waals surface area contributed by atoms with Crippen molar-refractivity contribution in [3.05, 3.63) is 69.8 Å². The van der Waals surface area contributed by atoms with Crippen molar-refractivity contribution in [1.82, 2.24) is 4.90 Å². The maximum absolute atomic E-state index is 13.3. The predicted octanol–water partition coefficient (Wildman–Crippen LogP) is 5.52. The molecule has 1 N–H and O–H groups in total.